The molecule has 0 aliphatic heterocycles. The number of hydrogen-bond acceptors (Lipinski definition) is 12. The van der Waals surface area contributed by atoms with Crippen molar-refractivity contribution in [2.45, 2.75) is 33.6 Å². The number of nitrogens with one attached hydrogen (secondary N) is 1. The molecule has 1 aromatic heterocycles. The molecule has 0 atom stereocenters. The molecular weight excluding hydrogens is 606 g/mol. The summed E-state index contributed by atoms with van der Waals surface area (Å²) in [7, 11) is 0. The van der Waals surface area contributed by atoms with Crippen LogP contribution in [0.15, 0.2) is 99.4 Å². The van der Waals surface area contributed by atoms with E-state index < -0.39 is 17.8 Å². The van der Waals surface area contributed by atoms with Crippen molar-refractivity contribution in [3.8, 4) is 6.07 Å². The van der Waals surface area contributed by atoms with Gasteiger partial charge in [-0.1, -0.05) is 42.7 Å². The van der Waals surface area contributed by atoms with Crippen molar-refractivity contribution >= 4 is 61.9 Å². The normalized spacial score (nSPS) is 10.8. The highest BCUT2D eigenvalue weighted by molar-refractivity contribution is 7.19. The smallest absolute Gasteiger partial charge is 0.333 e. The summed E-state index contributed by atoms with van der Waals surface area (Å²) < 4.78 is 10.3. The summed E-state index contributed by atoms with van der Waals surface area (Å²) in [5.41, 5.74) is 3.01. The predicted molar refractivity (Wildman–Crippen MR) is 178 cm³/mol. The van der Waals surface area contributed by atoms with Crippen LogP contribution in [0.2, 0.25) is 0 Å². The molecule has 0 saturated carbocycles. The molecule has 1 amide bonds. The summed E-state index contributed by atoms with van der Waals surface area (Å²) in [6.45, 7) is 13.5. The van der Waals surface area contributed by atoms with Crippen molar-refractivity contribution in [2.24, 2.45) is 20.5 Å². The van der Waals surface area contributed by atoms with Gasteiger partial charge in [0.2, 0.25) is 5.91 Å². The van der Waals surface area contributed by atoms with Gasteiger partial charge in [-0.15, -0.1) is 20.5 Å². The summed E-state index contributed by atoms with van der Waals surface area (Å²) in [5.74, 6) is -1.42. The lowest BCUT2D eigenvalue weighted by Gasteiger charge is -2.24. The van der Waals surface area contributed by atoms with E-state index in [9.17, 15) is 19.6 Å². The van der Waals surface area contributed by atoms with E-state index in [0.717, 1.165) is 17.0 Å². The fourth-order valence-electron chi connectivity index (χ4n) is 3.77. The van der Waals surface area contributed by atoms with Crippen LogP contribution < -0.4 is 10.2 Å². The van der Waals surface area contributed by atoms with Gasteiger partial charge in [0.05, 0.1) is 30.0 Å². The maximum Gasteiger partial charge on any atom is 0.333 e. The minimum Gasteiger partial charge on any atom is -0.462 e. The number of anilines is 2. The van der Waals surface area contributed by atoms with E-state index in [0.29, 0.717) is 52.1 Å². The molecular formula is C33H35N7O5S. The molecule has 1 N–H and O–H groups in total. The molecule has 0 spiro atoms. The molecule has 3 rings (SSSR count). The summed E-state index contributed by atoms with van der Waals surface area (Å²) in [6.07, 6.45) is 0.480. The average Bonchev–Trinajstić information content (AvgIpc) is 3.45. The van der Waals surface area contributed by atoms with Gasteiger partial charge in [0.25, 0.3) is 0 Å². The lowest BCUT2D eigenvalue weighted by atomic mass is 10.2. The van der Waals surface area contributed by atoms with Crippen LogP contribution >= 0.6 is 11.3 Å². The van der Waals surface area contributed by atoms with Gasteiger partial charge in [-0.25, -0.2) is 9.59 Å². The number of esters is 2. The van der Waals surface area contributed by atoms with Crippen LogP contribution in [0, 0.1) is 11.3 Å². The quantitative estimate of drug-likeness (QED) is 0.0714. The SMILES string of the molecule is C=C(C)C(=O)OCCCN(CC)c1ccc(/N=N/c2sc(/N=N/c3ccccc3)cc2C#N)c(NC(=O)CCOC(=O)C(=C)C)c1. The summed E-state index contributed by atoms with van der Waals surface area (Å²) in [4.78, 5) is 38.3. The Morgan fingerprint density at radius 2 is 1.63 bits per heavy atom. The molecule has 46 heavy (non-hydrogen) atoms. The Morgan fingerprint density at radius 1 is 0.935 bits per heavy atom. The minimum atomic E-state index is -0.580. The molecule has 0 bridgehead atoms. The highest BCUT2D eigenvalue weighted by Gasteiger charge is 2.14. The molecule has 0 fully saturated rings. The van der Waals surface area contributed by atoms with Gasteiger partial charge >= 0.3 is 11.9 Å². The number of nitriles is 1. The first-order chi connectivity index (χ1) is 22.1. The Bertz CT molecular complexity index is 1670. The largest absolute Gasteiger partial charge is 0.462 e. The summed E-state index contributed by atoms with van der Waals surface area (Å²) >= 11 is 1.15. The molecule has 13 heteroatoms. The van der Waals surface area contributed by atoms with Gasteiger partial charge < -0.3 is 19.7 Å². The Hall–Kier alpha value is -5.48. The number of carbonyl (C=O) groups excluding carboxylic acids is 3. The number of ether oxygens (including phenoxy) is 2. The van der Waals surface area contributed by atoms with Crippen molar-refractivity contribution in [3.05, 3.63) is 84.5 Å². The standard InChI is InChI=1S/C33H35N7O5S/c1-6-40(16-10-17-44-32(42)22(2)3)26-13-14-27(28(20-26)35-29(41)15-18-45-33(43)23(4)5)37-39-31-24(21-34)19-30(46-31)38-36-25-11-8-7-9-12-25/h7-9,11-14,19-20H,2,4,6,10,15-18H2,1,3,5H3,(H,35,41)/b38-36+,39-37+. The topological polar surface area (TPSA) is 158 Å². The van der Waals surface area contributed by atoms with Gasteiger partial charge in [0.1, 0.15) is 23.4 Å². The van der Waals surface area contributed by atoms with E-state index in [1.807, 2.05) is 43.3 Å². The second kappa shape index (κ2) is 17.7. The Labute approximate surface area is 271 Å². The van der Waals surface area contributed by atoms with E-state index in [2.05, 4.69) is 49.9 Å². The zero-order valence-corrected chi connectivity index (χ0v) is 26.8. The van der Waals surface area contributed by atoms with Crippen LogP contribution in [0.5, 0.6) is 0 Å². The molecule has 2 aromatic carbocycles. The van der Waals surface area contributed by atoms with E-state index in [1.54, 1.807) is 25.1 Å². The van der Waals surface area contributed by atoms with Crippen molar-refractivity contribution < 1.29 is 23.9 Å². The Morgan fingerprint density at radius 3 is 2.28 bits per heavy atom. The molecule has 238 valence electrons. The third-order valence-electron chi connectivity index (χ3n) is 6.15. The van der Waals surface area contributed by atoms with Crippen molar-refractivity contribution in [1.82, 2.24) is 0 Å². The van der Waals surface area contributed by atoms with Gasteiger partial charge in [0, 0.05) is 29.9 Å². The number of azo groups is 2. The van der Waals surface area contributed by atoms with E-state index >= 15 is 0 Å². The number of benzene rings is 2. The fourth-order valence-corrected chi connectivity index (χ4v) is 4.52. The molecule has 0 radical (unpaired) electrons. The lowest BCUT2D eigenvalue weighted by molar-refractivity contribution is -0.140. The third-order valence-corrected chi connectivity index (χ3v) is 7.06. The highest BCUT2D eigenvalue weighted by atomic mass is 32.1. The minimum absolute atomic E-state index is 0.0926. The van der Waals surface area contributed by atoms with Crippen LogP contribution in [-0.2, 0) is 23.9 Å². The van der Waals surface area contributed by atoms with E-state index in [4.69, 9.17) is 9.47 Å². The molecule has 3 aromatic rings. The van der Waals surface area contributed by atoms with Crippen molar-refractivity contribution in [3.63, 3.8) is 0 Å². The Balaban J connectivity index is 1.83. The molecule has 0 aliphatic rings. The van der Waals surface area contributed by atoms with E-state index in [1.165, 1.54) is 6.92 Å². The summed E-state index contributed by atoms with van der Waals surface area (Å²) in [5, 5.41) is 30.4. The van der Waals surface area contributed by atoms with Crippen LogP contribution in [0.4, 0.5) is 32.8 Å². The molecule has 0 unspecified atom stereocenters. The lowest BCUT2D eigenvalue weighted by Crippen LogP contribution is -2.25. The second-order valence-electron chi connectivity index (χ2n) is 9.92. The second-order valence-corrected chi connectivity index (χ2v) is 10.9. The molecule has 0 aliphatic carbocycles. The number of nitrogens with zero attached hydrogens (tertiary/aromatic N) is 6. The summed E-state index contributed by atoms with van der Waals surface area (Å²) in [6, 6.07) is 18.2. The van der Waals surface area contributed by atoms with Crippen LogP contribution in [0.3, 0.4) is 0 Å². The average molecular weight is 642 g/mol. The molecule has 12 nitrogen and oxygen atoms in total. The first-order valence-electron chi connectivity index (χ1n) is 14.4. The predicted octanol–water partition coefficient (Wildman–Crippen LogP) is 8.23. The molecule has 1 heterocycles. The molecule has 0 saturated heterocycles. The Kier molecular flexibility index (Phi) is 13.5. The monoisotopic (exact) mass is 641 g/mol. The maximum absolute atomic E-state index is 12.8. The van der Waals surface area contributed by atoms with Gasteiger partial charge in [-0.05, 0) is 63.6 Å². The highest BCUT2D eigenvalue weighted by Crippen LogP contribution is 2.39. The maximum atomic E-state index is 12.8. The number of hydrogen-bond donors (Lipinski definition) is 1. The van der Waals surface area contributed by atoms with Crippen LogP contribution in [0.25, 0.3) is 0 Å². The van der Waals surface area contributed by atoms with Crippen LogP contribution in [0.1, 0.15) is 39.2 Å². The van der Waals surface area contributed by atoms with Crippen molar-refractivity contribution in [1.29, 1.82) is 5.26 Å². The zero-order chi connectivity index (χ0) is 33.5. The number of amides is 1. The van der Waals surface area contributed by atoms with Crippen LogP contribution in [-0.4, -0.2) is 44.1 Å². The van der Waals surface area contributed by atoms with Gasteiger partial charge in [-0.2, -0.15) is 5.26 Å². The third kappa shape index (κ3) is 10.9. The number of rotatable bonds is 16. The van der Waals surface area contributed by atoms with E-state index in [-0.39, 0.29) is 30.8 Å². The van der Waals surface area contributed by atoms with Gasteiger partial charge in [0.15, 0.2) is 5.00 Å². The fraction of sp³-hybridized carbons (Fsp3) is 0.273. The first-order valence-corrected chi connectivity index (χ1v) is 15.2. The first kappa shape index (κ1) is 35.0. The zero-order valence-electron chi connectivity index (χ0n) is 26.0. The van der Waals surface area contributed by atoms with Crippen molar-refractivity contribution in [2.75, 3.05) is 36.5 Å². The van der Waals surface area contributed by atoms with Gasteiger partial charge in [-0.3, -0.25) is 4.79 Å². The number of carbonyl (C=O) groups is 3. The number of thiophene rings is 1.